The van der Waals surface area contributed by atoms with Crippen LogP contribution < -0.4 is 15.4 Å². The molecule has 1 aromatic heterocycles. The predicted octanol–water partition coefficient (Wildman–Crippen LogP) is 4.94. The quantitative estimate of drug-likeness (QED) is 0.652. The van der Waals surface area contributed by atoms with E-state index in [0.29, 0.717) is 28.1 Å². The summed E-state index contributed by atoms with van der Waals surface area (Å²) in [5.74, 6) is 1.90. The lowest BCUT2D eigenvalue weighted by Gasteiger charge is -2.08. The number of oxazole rings is 1. The minimum absolute atomic E-state index is 0.237. The van der Waals surface area contributed by atoms with E-state index in [0.717, 1.165) is 16.9 Å². The Hall–Kier alpha value is -2.99. The van der Waals surface area contributed by atoms with Crippen molar-refractivity contribution >= 4 is 23.3 Å². The van der Waals surface area contributed by atoms with Crippen LogP contribution in [0.25, 0.3) is 11.5 Å². The van der Waals surface area contributed by atoms with E-state index in [2.05, 4.69) is 15.6 Å². The first kappa shape index (κ1) is 18.8. The van der Waals surface area contributed by atoms with Crippen molar-refractivity contribution in [3.05, 3.63) is 64.5 Å². The Labute approximate surface area is 162 Å². The van der Waals surface area contributed by atoms with Crippen molar-refractivity contribution in [1.82, 2.24) is 10.3 Å². The molecule has 0 unspecified atom stereocenters. The van der Waals surface area contributed by atoms with Gasteiger partial charge in [0.15, 0.2) is 0 Å². The smallest absolute Gasteiger partial charge is 0.319 e. The summed E-state index contributed by atoms with van der Waals surface area (Å²) in [5, 5.41) is 5.98. The molecular weight excluding hydrogens is 366 g/mol. The van der Waals surface area contributed by atoms with Gasteiger partial charge < -0.3 is 19.8 Å². The molecule has 0 atom stereocenters. The fourth-order valence-electron chi connectivity index (χ4n) is 2.50. The van der Waals surface area contributed by atoms with Crippen LogP contribution >= 0.6 is 11.6 Å². The first-order valence-corrected chi connectivity index (χ1v) is 8.76. The number of ether oxygens (including phenoxy) is 1. The minimum Gasteiger partial charge on any atom is -0.497 e. The van der Waals surface area contributed by atoms with Gasteiger partial charge in [-0.15, -0.1) is 0 Å². The third-order valence-corrected chi connectivity index (χ3v) is 4.33. The zero-order chi connectivity index (χ0) is 19.4. The molecule has 0 bridgehead atoms. The summed E-state index contributed by atoms with van der Waals surface area (Å²) >= 11 is 6.13. The lowest BCUT2D eigenvalue weighted by Crippen LogP contribution is -2.28. The number of carbonyl (C=O) groups excluding carboxylic acids is 1. The molecule has 2 amide bonds. The van der Waals surface area contributed by atoms with Crippen molar-refractivity contribution in [3.63, 3.8) is 0 Å². The molecule has 7 heteroatoms. The van der Waals surface area contributed by atoms with E-state index in [-0.39, 0.29) is 12.6 Å². The van der Waals surface area contributed by atoms with E-state index in [4.69, 9.17) is 20.8 Å². The average Bonchev–Trinajstić information content (AvgIpc) is 3.03. The number of methoxy groups -OCH3 is 1. The number of anilines is 1. The molecule has 0 aliphatic heterocycles. The van der Waals surface area contributed by atoms with Gasteiger partial charge in [0, 0.05) is 5.56 Å². The van der Waals surface area contributed by atoms with Gasteiger partial charge in [0.2, 0.25) is 5.89 Å². The van der Waals surface area contributed by atoms with E-state index >= 15 is 0 Å². The highest BCUT2D eigenvalue weighted by Gasteiger charge is 2.13. The van der Waals surface area contributed by atoms with Crippen LogP contribution in [-0.2, 0) is 6.54 Å². The molecule has 3 rings (SSSR count). The monoisotopic (exact) mass is 385 g/mol. The number of nitrogens with one attached hydrogen (secondary N) is 2. The normalized spacial score (nSPS) is 10.5. The zero-order valence-corrected chi connectivity index (χ0v) is 16.1. The molecule has 0 spiro atoms. The summed E-state index contributed by atoms with van der Waals surface area (Å²) in [7, 11) is 1.61. The molecule has 140 valence electrons. The van der Waals surface area contributed by atoms with E-state index in [1.54, 1.807) is 19.2 Å². The molecular formula is C20H20ClN3O3. The number of hydrogen-bond donors (Lipinski definition) is 2. The maximum Gasteiger partial charge on any atom is 0.319 e. The SMILES string of the molecule is COc1ccc(-c2nc(CNC(=O)Nc3ccc(C)cc3Cl)c(C)o2)cc1. The summed E-state index contributed by atoms with van der Waals surface area (Å²) in [5.41, 5.74) is 3.07. The molecule has 0 radical (unpaired) electrons. The number of carbonyl (C=O) groups is 1. The van der Waals surface area contributed by atoms with Crippen LogP contribution in [0.1, 0.15) is 17.0 Å². The van der Waals surface area contributed by atoms with Crippen LogP contribution in [0, 0.1) is 13.8 Å². The number of halogens is 1. The van der Waals surface area contributed by atoms with Gasteiger partial charge in [0.05, 0.1) is 24.4 Å². The number of urea groups is 1. The van der Waals surface area contributed by atoms with E-state index < -0.39 is 0 Å². The number of benzene rings is 2. The highest BCUT2D eigenvalue weighted by Crippen LogP contribution is 2.24. The number of aryl methyl sites for hydroxylation is 2. The van der Waals surface area contributed by atoms with Crippen molar-refractivity contribution in [3.8, 4) is 17.2 Å². The zero-order valence-electron chi connectivity index (χ0n) is 15.3. The summed E-state index contributed by atoms with van der Waals surface area (Å²) in [6.07, 6.45) is 0. The lowest BCUT2D eigenvalue weighted by molar-refractivity contribution is 0.251. The molecule has 2 aromatic carbocycles. The summed E-state index contributed by atoms with van der Waals surface area (Å²) < 4.78 is 10.9. The highest BCUT2D eigenvalue weighted by molar-refractivity contribution is 6.33. The second-order valence-electron chi connectivity index (χ2n) is 6.04. The van der Waals surface area contributed by atoms with E-state index in [1.807, 2.05) is 44.2 Å². The number of rotatable bonds is 5. The first-order chi connectivity index (χ1) is 13.0. The van der Waals surface area contributed by atoms with Crippen LogP contribution in [0.4, 0.5) is 10.5 Å². The van der Waals surface area contributed by atoms with E-state index in [1.165, 1.54) is 0 Å². The third kappa shape index (κ3) is 4.60. The molecule has 3 aromatic rings. The van der Waals surface area contributed by atoms with Crippen molar-refractivity contribution in [1.29, 1.82) is 0 Å². The first-order valence-electron chi connectivity index (χ1n) is 8.38. The molecule has 27 heavy (non-hydrogen) atoms. The van der Waals surface area contributed by atoms with Crippen LogP contribution in [0.3, 0.4) is 0 Å². The topological polar surface area (TPSA) is 76.4 Å². The second-order valence-corrected chi connectivity index (χ2v) is 6.45. The Bertz CT molecular complexity index is 952. The van der Waals surface area contributed by atoms with E-state index in [9.17, 15) is 4.79 Å². The maximum absolute atomic E-state index is 12.1. The number of amides is 2. The van der Waals surface area contributed by atoms with Gasteiger partial charge in [-0.1, -0.05) is 17.7 Å². The Morgan fingerprint density at radius 3 is 2.59 bits per heavy atom. The Morgan fingerprint density at radius 2 is 1.93 bits per heavy atom. The van der Waals surface area contributed by atoms with Crippen molar-refractivity contribution in [2.45, 2.75) is 20.4 Å². The predicted molar refractivity (Wildman–Crippen MR) is 105 cm³/mol. The van der Waals surface area contributed by atoms with Crippen LogP contribution in [0.2, 0.25) is 5.02 Å². The maximum atomic E-state index is 12.1. The van der Waals surface area contributed by atoms with Crippen LogP contribution in [0.5, 0.6) is 5.75 Å². The Balaban J connectivity index is 1.63. The van der Waals surface area contributed by atoms with Crippen molar-refractivity contribution in [2.24, 2.45) is 0 Å². The standard InChI is InChI=1S/C20H20ClN3O3/c1-12-4-9-17(16(21)10-12)24-20(25)22-11-18-13(2)27-19(23-18)14-5-7-15(26-3)8-6-14/h4-10H,11H2,1-3H3,(H2,22,24,25). The van der Waals surface area contributed by atoms with Gasteiger partial charge in [-0.25, -0.2) is 9.78 Å². The van der Waals surface area contributed by atoms with Gasteiger partial charge in [0.25, 0.3) is 0 Å². The summed E-state index contributed by atoms with van der Waals surface area (Å²) in [6.45, 7) is 3.98. The number of nitrogens with zero attached hydrogens (tertiary/aromatic N) is 1. The molecule has 1 heterocycles. The van der Waals surface area contributed by atoms with Crippen molar-refractivity contribution < 1.29 is 13.9 Å². The lowest BCUT2D eigenvalue weighted by atomic mass is 10.2. The molecule has 0 saturated heterocycles. The molecule has 0 aliphatic rings. The summed E-state index contributed by atoms with van der Waals surface area (Å²) in [4.78, 5) is 16.6. The van der Waals surface area contributed by atoms with Gasteiger partial charge in [-0.05, 0) is 55.8 Å². The van der Waals surface area contributed by atoms with Gasteiger partial charge >= 0.3 is 6.03 Å². The summed E-state index contributed by atoms with van der Waals surface area (Å²) in [6, 6.07) is 12.5. The molecule has 6 nitrogen and oxygen atoms in total. The Morgan fingerprint density at radius 1 is 1.19 bits per heavy atom. The molecule has 0 fully saturated rings. The fraction of sp³-hybridized carbons (Fsp3) is 0.200. The van der Waals surface area contributed by atoms with Crippen LogP contribution in [-0.4, -0.2) is 18.1 Å². The molecule has 2 N–H and O–H groups in total. The number of hydrogen-bond acceptors (Lipinski definition) is 4. The second kappa shape index (κ2) is 8.14. The van der Waals surface area contributed by atoms with Gasteiger partial charge in [-0.3, -0.25) is 0 Å². The molecule has 0 saturated carbocycles. The average molecular weight is 386 g/mol. The largest absolute Gasteiger partial charge is 0.497 e. The van der Waals surface area contributed by atoms with Crippen LogP contribution in [0.15, 0.2) is 46.9 Å². The fourth-order valence-corrected chi connectivity index (χ4v) is 2.78. The third-order valence-electron chi connectivity index (χ3n) is 4.02. The molecule has 0 aliphatic carbocycles. The highest BCUT2D eigenvalue weighted by atomic mass is 35.5. The number of aromatic nitrogens is 1. The Kier molecular flexibility index (Phi) is 5.66. The minimum atomic E-state index is -0.367. The van der Waals surface area contributed by atoms with Crippen molar-refractivity contribution in [2.75, 3.05) is 12.4 Å². The van der Waals surface area contributed by atoms with Gasteiger partial charge in [0.1, 0.15) is 17.2 Å². The van der Waals surface area contributed by atoms with Gasteiger partial charge in [-0.2, -0.15) is 0 Å².